The first-order chi connectivity index (χ1) is 9.22. The minimum Gasteiger partial charge on any atom is -0.328 e. The Kier molecular flexibility index (Phi) is 3.93. The van der Waals surface area contributed by atoms with E-state index in [2.05, 4.69) is 0 Å². The predicted octanol–water partition coefficient (Wildman–Crippen LogP) is 2.09. The topological polar surface area (TPSA) is 48.3 Å². The van der Waals surface area contributed by atoms with Crippen LogP contribution in [0.15, 0.2) is 65.5 Å². The van der Waals surface area contributed by atoms with Crippen molar-refractivity contribution in [2.45, 2.75) is 6.92 Å². The summed E-state index contributed by atoms with van der Waals surface area (Å²) in [5, 5.41) is 0.826. The molecular weight excluding hydrogens is 242 g/mol. The summed E-state index contributed by atoms with van der Waals surface area (Å²) in [6.45, 7) is 1.84. The number of benzene rings is 1. The monoisotopic (exact) mass is 255 g/mol. The molecule has 4 nitrogen and oxygen atoms in total. The van der Waals surface area contributed by atoms with Gasteiger partial charge in [0.25, 0.3) is 5.56 Å². The van der Waals surface area contributed by atoms with E-state index in [0.29, 0.717) is 5.52 Å². The fourth-order valence-corrected chi connectivity index (χ4v) is 1.62. The summed E-state index contributed by atoms with van der Waals surface area (Å²) >= 11 is 0. The molecule has 0 aliphatic rings. The number of hydrogen-bond acceptors (Lipinski definition) is 3. The molecule has 0 aliphatic carbocycles. The maximum absolute atomic E-state index is 11.7. The van der Waals surface area contributed by atoms with Crippen LogP contribution in [0.4, 0.5) is 0 Å². The number of nitrogens with zero attached hydrogens (tertiary/aromatic N) is 1. The van der Waals surface area contributed by atoms with Gasteiger partial charge in [0.2, 0.25) is 0 Å². The third-order valence-electron chi connectivity index (χ3n) is 2.48. The predicted molar refractivity (Wildman–Crippen MR) is 73.7 cm³/mol. The lowest BCUT2D eigenvalue weighted by molar-refractivity contribution is -0.138. The van der Waals surface area contributed by atoms with E-state index in [4.69, 9.17) is 4.84 Å². The van der Waals surface area contributed by atoms with Gasteiger partial charge in [0.1, 0.15) is 0 Å². The summed E-state index contributed by atoms with van der Waals surface area (Å²) in [7, 11) is 0. The zero-order valence-corrected chi connectivity index (χ0v) is 10.4. The molecule has 0 aliphatic heterocycles. The van der Waals surface area contributed by atoms with Crippen LogP contribution in [0.3, 0.4) is 0 Å². The lowest BCUT2D eigenvalue weighted by Crippen LogP contribution is -2.29. The van der Waals surface area contributed by atoms with Crippen molar-refractivity contribution in [3.05, 3.63) is 71.1 Å². The Balaban J connectivity index is 2.37. The number of pyridine rings is 1. The molecule has 0 unspecified atom stereocenters. The van der Waals surface area contributed by atoms with Crippen LogP contribution in [0.5, 0.6) is 0 Å². The molecule has 0 saturated carbocycles. The van der Waals surface area contributed by atoms with E-state index in [9.17, 15) is 9.59 Å². The average molecular weight is 255 g/mol. The Morgan fingerprint density at radius 1 is 1.16 bits per heavy atom. The van der Waals surface area contributed by atoms with E-state index in [1.54, 1.807) is 36.4 Å². The van der Waals surface area contributed by atoms with Gasteiger partial charge in [-0.1, -0.05) is 36.4 Å². The smallest absolute Gasteiger partial charge is 0.328 e. The first kappa shape index (κ1) is 12.8. The molecule has 2 aromatic rings. The zero-order chi connectivity index (χ0) is 13.7. The molecule has 0 fully saturated rings. The third-order valence-corrected chi connectivity index (χ3v) is 2.48. The van der Waals surface area contributed by atoms with Crippen molar-refractivity contribution in [2.75, 3.05) is 0 Å². The molecule has 1 aromatic heterocycles. The fourth-order valence-electron chi connectivity index (χ4n) is 1.62. The largest absolute Gasteiger partial charge is 0.356 e. The number of allylic oxidation sites excluding steroid dienone is 3. The van der Waals surface area contributed by atoms with Gasteiger partial charge in [0.05, 0.1) is 5.52 Å². The third kappa shape index (κ3) is 2.98. The lowest BCUT2D eigenvalue weighted by Gasteiger charge is -2.07. The van der Waals surface area contributed by atoms with Crippen LogP contribution in [-0.4, -0.2) is 10.7 Å². The van der Waals surface area contributed by atoms with E-state index in [-0.39, 0.29) is 5.56 Å². The summed E-state index contributed by atoms with van der Waals surface area (Å²) in [5.74, 6) is -0.600. The highest BCUT2D eigenvalue weighted by atomic mass is 16.7. The first-order valence-corrected chi connectivity index (χ1v) is 5.85. The van der Waals surface area contributed by atoms with Gasteiger partial charge >= 0.3 is 5.97 Å². The molecule has 0 radical (unpaired) electrons. The maximum Gasteiger partial charge on any atom is 0.356 e. The van der Waals surface area contributed by atoms with Crippen molar-refractivity contribution in [3.8, 4) is 0 Å². The second-order valence-electron chi connectivity index (χ2n) is 3.82. The van der Waals surface area contributed by atoms with Crippen LogP contribution in [0.1, 0.15) is 6.92 Å². The average Bonchev–Trinajstić information content (AvgIpc) is 2.42. The molecule has 1 aromatic carbocycles. The lowest BCUT2D eigenvalue weighted by atomic mass is 10.2. The minimum absolute atomic E-state index is 0.383. The minimum atomic E-state index is -0.600. The summed E-state index contributed by atoms with van der Waals surface area (Å²) in [5.41, 5.74) is 0.175. The highest BCUT2D eigenvalue weighted by molar-refractivity contribution is 5.84. The van der Waals surface area contributed by atoms with Crippen LogP contribution in [-0.2, 0) is 4.79 Å². The number of aromatic nitrogens is 1. The quantitative estimate of drug-likeness (QED) is 0.623. The molecule has 0 bridgehead atoms. The highest BCUT2D eigenvalue weighted by Crippen LogP contribution is 2.09. The highest BCUT2D eigenvalue weighted by Gasteiger charge is 2.06. The first-order valence-electron chi connectivity index (χ1n) is 5.85. The molecule has 1 heterocycles. The summed E-state index contributed by atoms with van der Waals surface area (Å²) in [6, 6.07) is 10.3. The maximum atomic E-state index is 11.7. The summed E-state index contributed by atoms with van der Waals surface area (Å²) < 4.78 is 0.998. The van der Waals surface area contributed by atoms with Crippen molar-refractivity contribution in [3.63, 3.8) is 0 Å². The second-order valence-corrected chi connectivity index (χ2v) is 3.82. The van der Waals surface area contributed by atoms with E-state index in [0.717, 1.165) is 10.1 Å². The number of carbonyl (C=O) groups is 1. The van der Waals surface area contributed by atoms with E-state index < -0.39 is 5.97 Å². The second kappa shape index (κ2) is 5.82. The summed E-state index contributed by atoms with van der Waals surface area (Å²) in [4.78, 5) is 28.4. The van der Waals surface area contributed by atoms with E-state index in [1.807, 2.05) is 19.1 Å². The molecule has 0 atom stereocenters. The van der Waals surface area contributed by atoms with Crippen molar-refractivity contribution in [1.82, 2.24) is 4.73 Å². The van der Waals surface area contributed by atoms with Crippen LogP contribution < -0.4 is 10.4 Å². The number of para-hydroxylation sites is 1. The van der Waals surface area contributed by atoms with Gasteiger partial charge in [0.15, 0.2) is 0 Å². The Morgan fingerprint density at radius 3 is 2.74 bits per heavy atom. The van der Waals surface area contributed by atoms with Gasteiger partial charge in [-0.05, 0) is 19.1 Å². The van der Waals surface area contributed by atoms with Crippen molar-refractivity contribution >= 4 is 16.9 Å². The number of fused-ring (bicyclic) bond motifs is 1. The molecule has 0 saturated heterocycles. The van der Waals surface area contributed by atoms with E-state index in [1.165, 1.54) is 12.1 Å². The fraction of sp³-hybridized carbons (Fsp3) is 0.0667. The molecule has 19 heavy (non-hydrogen) atoms. The molecule has 0 N–H and O–H groups in total. The summed E-state index contributed by atoms with van der Waals surface area (Å²) in [6.07, 6.45) is 6.30. The van der Waals surface area contributed by atoms with Crippen molar-refractivity contribution in [2.24, 2.45) is 0 Å². The molecular formula is C15H13NO3. The Bertz CT molecular complexity index is 711. The van der Waals surface area contributed by atoms with Gasteiger partial charge < -0.3 is 4.84 Å². The van der Waals surface area contributed by atoms with Crippen molar-refractivity contribution < 1.29 is 9.63 Å². The molecule has 0 amide bonds. The normalized spacial score (nSPS) is 11.4. The van der Waals surface area contributed by atoms with Crippen LogP contribution in [0, 0.1) is 0 Å². The van der Waals surface area contributed by atoms with Crippen LogP contribution in [0.25, 0.3) is 10.9 Å². The number of hydrogen-bond donors (Lipinski definition) is 0. The Hall–Kier alpha value is -2.62. The van der Waals surface area contributed by atoms with Gasteiger partial charge in [-0.25, -0.2) is 4.79 Å². The van der Waals surface area contributed by atoms with Crippen LogP contribution >= 0.6 is 0 Å². The zero-order valence-electron chi connectivity index (χ0n) is 10.4. The van der Waals surface area contributed by atoms with Gasteiger partial charge in [-0.2, -0.15) is 0 Å². The van der Waals surface area contributed by atoms with Gasteiger partial charge in [-0.3, -0.25) is 4.79 Å². The standard InChI is InChI=1S/C15H13NO3/c1-2-3-4-9-15(18)19-16-13-8-6-5-7-12(13)10-11-14(16)17/h2-11H,1H3/b3-2+,9-4+. The Labute approximate surface area is 110 Å². The SMILES string of the molecule is C/C=C/C=C/C(=O)On1c(=O)ccc2ccccc21. The van der Waals surface area contributed by atoms with Crippen molar-refractivity contribution in [1.29, 1.82) is 0 Å². The molecule has 2 rings (SSSR count). The molecule has 96 valence electrons. The van der Waals surface area contributed by atoms with Crippen LogP contribution in [0.2, 0.25) is 0 Å². The molecule has 0 spiro atoms. The van der Waals surface area contributed by atoms with E-state index >= 15 is 0 Å². The Morgan fingerprint density at radius 2 is 1.95 bits per heavy atom. The molecule has 4 heteroatoms. The number of rotatable bonds is 3. The van der Waals surface area contributed by atoms with Gasteiger partial charge in [-0.15, -0.1) is 4.73 Å². The van der Waals surface area contributed by atoms with Gasteiger partial charge in [0, 0.05) is 17.5 Å². The number of carbonyl (C=O) groups excluding carboxylic acids is 1.